The third-order valence-corrected chi connectivity index (χ3v) is 2.49. The maximum atomic E-state index is 11.4. The molecule has 0 aliphatic rings. The topological polar surface area (TPSA) is 64.3 Å². The molecule has 18 heavy (non-hydrogen) atoms. The van der Waals surface area contributed by atoms with Crippen LogP contribution in [0, 0.1) is 5.92 Å². The van der Waals surface area contributed by atoms with Gasteiger partial charge in [-0.1, -0.05) is 18.5 Å². The van der Waals surface area contributed by atoms with Gasteiger partial charge in [0.15, 0.2) is 6.61 Å². The molecule has 102 valence electrons. The zero-order valence-corrected chi connectivity index (χ0v) is 11.8. The van der Waals surface area contributed by atoms with Crippen LogP contribution in [0.3, 0.4) is 0 Å². The summed E-state index contributed by atoms with van der Waals surface area (Å²) in [6.07, 6.45) is 0. The Kier molecular flexibility index (Phi) is 8.54. The molecule has 0 heterocycles. The van der Waals surface area contributed by atoms with Crippen molar-refractivity contribution in [3.63, 3.8) is 0 Å². The van der Waals surface area contributed by atoms with Crippen molar-refractivity contribution in [3.8, 4) is 5.75 Å². The number of carbonyl (C=O) groups excluding carboxylic acids is 1. The van der Waals surface area contributed by atoms with Crippen molar-refractivity contribution in [1.82, 2.24) is 5.32 Å². The number of carbonyl (C=O) groups is 1. The summed E-state index contributed by atoms with van der Waals surface area (Å²) in [5.74, 6) is 0.742. The van der Waals surface area contributed by atoms with E-state index in [9.17, 15) is 4.79 Å². The van der Waals surface area contributed by atoms with Crippen LogP contribution in [0.15, 0.2) is 24.3 Å². The Bertz CT molecular complexity index is 358. The summed E-state index contributed by atoms with van der Waals surface area (Å²) >= 11 is 5.73. The predicted octanol–water partition coefficient (Wildman–Crippen LogP) is 1.85. The van der Waals surface area contributed by atoms with Gasteiger partial charge in [-0.25, -0.2) is 0 Å². The molecule has 0 fully saturated rings. The van der Waals surface area contributed by atoms with Crippen LogP contribution in [0.1, 0.15) is 6.92 Å². The zero-order chi connectivity index (χ0) is 12.7. The first kappa shape index (κ1) is 17.0. The van der Waals surface area contributed by atoms with Crippen molar-refractivity contribution in [3.05, 3.63) is 29.3 Å². The van der Waals surface area contributed by atoms with Crippen LogP contribution >= 0.6 is 24.0 Å². The summed E-state index contributed by atoms with van der Waals surface area (Å²) in [5, 5.41) is 3.38. The van der Waals surface area contributed by atoms with Crippen LogP contribution in [0.4, 0.5) is 0 Å². The average Bonchev–Trinajstić information content (AvgIpc) is 2.35. The van der Waals surface area contributed by atoms with Crippen molar-refractivity contribution in [2.45, 2.75) is 6.92 Å². The number of ether oxygens (including phenoxy) is 1. The molecule has 1 rings (SSSR count). The number of nitrogens with one attached hydrogen (secondary N) is 1. The van der Waals surface area contributed by atoms with Gasteiger partial charge in [-0.05, 0) is 36.7 Å². The summed E-state index contributed by atoms with van der Waals surface area (Å²) < 4.78 is 5.29. The van der Waals surface area contributed by atoms with Gasteiger partial charge in [0.25, 0.3) is 5.91 Å². The molecule has 1 aromatic carbocycles. The zero-order valence-electron chi connectivity index (χ0n) is 10.2. The van der Waals surface area contributed by atoms with Crippen molar-refractivity contribution >= 4 is 29.9 Å². The summed E-state index contributed by atoms with van der Waals surface area (Å²) in [5.41, 5.74) is 5.44. The van der Waals surface area contributed by atoms with Crippen molar-refractivity contribution in [2.24, 2.45) is 11.7 Å². The van der Waals surface area contributed by atoms with Gasteiger partial charge in [0.05, 0.1) is 0 Å². The Morgan fingerprint density at radius 3 is 2.61 bits per heavy atom. The lowest BCUT2D eigenvalue weighted by Gasteiger charge is -2.10. The minimum atomic E-state index is -0.153. The maximum Gasteiger partial charge on any atom is 0.257 e. The van der Waals surface area contributed by atoms with E-state index in [1.807, 2.05) is 6.92 Å². The van der Waals surface area contributed by atoms with E-state index in [0.717, 1.165) is 0 Å². The minimum Gasteiger partial charge on any atom is -0.484 e. The molecule has 0 spiro atoms. The van der Waals surface area contributed by atoms with Crippen molar-refractivity contribution in [1.29, 1.82) is 0 Å². The Balaban J connectivity index is 0.00000289. The fourth-order valence-electron chi connectivity index (χ4n) is 1.10. The highest BCUT2D eigenvalue weighted by Gasteiger charge is 2.04. The number of rotatable bonds is 6. The first-order valence-electron chi connectivity index (χ1n) is 5.47. The molecule has 3 N–H and O–H groups in total. The minimum absolute atomic E-state index is 0. The third-order valence-electron chi connectivity index (χ3n) is 2.23. The van der Waals surface area contributed by atoms with Gasteiger partial charge in [-0.3, -0.25) is 4.79 Å². The molecule has 0 bridgehead atoms. The highest BCUT2D eigenvalue weighted by molar-refractivity contribution is 6.30. The molecule has 6 heteroatoms. The van der Waals surface area contributed by atoms with E-state index in [2.05, 4.69) is 5.32 Å². The fourth-order valence-corrected chi connectivity index (χ4v) is 1.23. The Labute approximate surface area is 118 Å². The molecule has 0 aliphatic heterocycles. The second kappa shape index (κ2) is 9.03. The average molecular weight is 293 g/mol. The normalized spacial score (nSPS) is 11.3. The van der Waals surface area contributed by atoms with Crippen LogP contribution in [0.2, 0.25) is 5.02 Å². The number of benzene rings is 1. The summed E-state index contributed by atoms with van der Waals surface area (Å²) in [6, 6.07) is 6.87. The Hall–Kier alpha value is -0.970. The van der Waals surface area contributed by atoms with E-state index in [0.29, 0.717) is 23.9 Å². The van der Waals surface area contributed by atoms with E-state index in [1.54, 1.807) is 24.3 Å². The fraction of sp³-hybridized carbons (Fsp3) is 0.417. The van der Waals surface area contributed by atoms with Gasteiger partial charge in [-0.2, -0.15) is 0 Å². The van der Waals surface area contributed by atoms with Crippen LogP contribution in [0.25, 0.3) is 0 Å². The van der Waals surface area contributed by atoms with E-state index >= 15 is 0 Å². The first-order valence-corrected chi connectivity index (χ1v) is 5.84. The van der Waals surface area contributed by atoms with Gasteiger partial charge in [-0.15, -0.1) is 12.4 Å². The van der Waals surface area contributed by atoms with Crippen molar-refractivity contribution in [2.75, 3.05) is 19.7 Å². The SMILES string of the molecule is CC(CN)CNC(=O)COc1ccc(Cl)cc1.Cl. The standard InChI is InChI=1S/C12H17ClN2O2.ClH/c1-9(6-14)7-15-12(16)8-17-11-4-2-10(13)3-5-11;/h2-5,9H,6-8,14H2,1H3,(H,15,16);1H. The molecule has 1 unspecified atom stereocenters. The Morgan fingerprint density at radius 1 is 1.44 bits per heavy atom. The molecular weight excluding hydrogens is 275 g/mol. The smallest absolute Gasteiger partial charge is 0.257 e. The number of halogens is 2. The first-order chi connectivity index (χ1) is 8.11. The molecular formula is C12H18Cl2N2O2. The molecule has 1 atom stereocenters. The van der Waals surface area contributed by atoms with Gasteiger partial charge in [0.2, 0.25) is 0 Å². The molecule has 0 aliphatic carbocycles. The number of amides is 1. The lowest BCUT2D eigenvalue weighted by Crippen LogP contribution is -2.34. The third kappa shape index (κ3) is 6.69. The van der Waals surface area contributed by atoms with Crippen LogP contribution < -0.4 is 15.8 Å². The molecule has 1 aromatic rings. The van der Waals surface area contributed by atoms with E-state index in [-0.39, 0.29) is 30.8 Å². The lowest BCUT2D eigenvalue weighted by molar-refractivity contribution is -0.123. The largest absolute Gasteiger partial charge is 0.484 e. The molecule has 0 saturated heterocycles. The van der Waals surface area contributed by atoms with Gasteiger partial charge >= 0.3 is 0 Å². The molecule has 4 nitrogen and oxygen atoms in total. The summed E-state index contributed by atoms with van der Waals surface area (Å²) in [4.78, 5) is 11.4. The van der Waals surface area contributed by atoms with Crippen LogP contribution in [0.5, 0.6) is 5.75 Å². The number of nitrogens with two attached hydrogens (primary N) is 1. The van der Waals surface area contributed by atoms with E-state index in [1.165, 1.54) is 0 Å². The highest BCUT2D eigenvalue weighted by atomic mass is 35.5. The number of hydrogen-bond acceptors (Lipinski definition) is 3. The molecule has 0 radical (unpaired) electrons. The summed E-state index contributed by atoms with van der Waals surface area (Å²) in [6.45, 7) is 3.09. The molecule has 0 aromatic heterocycles. The quantitative estimate of drug-likeness (QED) is 0.841. The van der Waals surface area contributed by atoms with E-state index < -0.39 is 0 Å². The highest BCUT2D eigenvalue weighted by Crippen LogP contribution is 2.15. The monoisotopic (exact) mass is 292 g/mol. The predicted molar refractivity (Wildman–Crippen MR) is 75.4 cm³/mol. The van der Waals surface area contributed by atoms with Crippen LogP contribution in [-0.4, -0.2) is 25.6 Å². The number of hydrogen-bond donors (Lipinski definition) is 2. The second-order valence-corrected chi connectivity index (χ2v) is 4.32. The van der Waals surface area contributed by atoms with Gasteiger partial charge < -0.3 is 15.8 Å². The maximum absolute atomic E-state index is 11.4. The molecule has 0 saturated carbocycles. The van der Waals surface area contributed by atoms with Crippen LogP contribution in [-0.2, 0) is 4.79 Å². The summed E-state index contributed by atoms with van der Waals surface area (Å²) in [7, 11) is 0. The van der Waals surface area contributed by atoms with Crippen molar-refractivity contribution < 1.29 is 9.53 Å². The van der Waals surface area contributed by atoms with Gasteiger partial charge in [0.1, 0.15) is 5.75 Å². The molecule has 1 amide bonds. The van der Waals surface area contributed by atoms with E-state index in [4.69, 9.17) is 22.1 Å². The van der Waals surface area contributed by atoms with Gasteiger partial charge in [0, 0.05) is 11.6 Å². The second-order valence-electron chi connectivity index (χ2n) is 3.89. The Morgan fingerprint density at radius 2 is 2.06 bits per heavy atom. The lowest BCUT2D eigenvalue weighted by atomic mass is 10.2.